The van der Waals surface area contributed by atoms with Crippen molar-refractivity contribution in [3.8, 4) is 5.75 Å². The minimum atomic E-state index is -4.33. The fourth-order valence-electron chi connectivity index (χ4n) is 3.46. The lowest BCUT2D eigenvalue weighted by Gasteiger charge is -2.37. The first kappa shape index (κ1) is 20.5. The highest BCUT2D eigenvalue weighted by Crippen LogP contribution is 2.29. The Labute approximate surface area is 163 Å². The molecule has 152 valence electrons. The van der Waals surface area contributed by atoms with Crippen molar-refractivity contribution in [2.75, 3.05) is 44.7 Å². The number of ether oxygens (including phenoxy) is 1. The lowest BCUT2D eigenvalue weighted by Crippen LogP contribution is -2.48. The molecule has 1 aliphatic heterocycles. The summed E-state index contributed by atoms with van der Waals surface area (Å²) < 4.78 is 43.1. The summed E-state index contributed by atoms with van der Waals surface area (Å²) in [5.41, 5.74) is 1.15. The maximum atomic E-state index is 12.6. The van der Waals surface area contributed by atoms with E-state index in [2.05, 4.69) is 15.9 Å². The van der Waals surface area contributed by atoms with Crippen LogP contribution in [0.2, 0.25) is 0 Å². The molecule has 0 unspecified atom stereocenters. The van der Waals surface area contributed by atoms with Gasteiger partial charge in [0.05, 0.1) is 18.8 Å². The van der Waals surface area contributed by atoms with Crippen LogP contribution in [0.15, 0.2) is 48.5 Å². The topological polar surface area (TPSA) is 35.9 Å². The van der Waals surface area contributed by atoms with Crippen LogP contribution in [0.25, 0.3) is 0 Å². The van der Waals surface area contributed by atoms with Gasteiger partial charge in [-0.25, -0.2) is 0 Å². The lowest BCUT2D eigenvalue weighted by atomic mass is 10.0. The molecule has 2 aromatic rings. The van der Waals surface area contributed by atoms with Gasteiger partial charge in [-0.15, -0.1) is 0 Å². The Morgan fingerprint density at radius 1 is 1.04 bits per heavy atom. The fraction of sp³-hybridized carbons (Fsp3) is 0.429. The monoisotopic (exact) mass is 394 g/mol. The Bertz CT molecular complexity index is 757. The van der Waals surface area contributed by atoms with E-state index in [4.69, 9.17) is 4.74 Å². The second-order valence-electron chi connectivity index (χ2n) is 7.04. The first-order chi connectivity index (χ1) is 13.3. The van der Waals surface area contributed by atoms with Crippen LogP contribution in [0.5, 0.6) is 5.75 Å². The zero-order chi connectivity index (χ0) is 20.1. The molecule has 0 bridgehead atoms. The van der Waals surface area contributed by atoms with Gasteiger partial charge < -0.3 is 14.7 Å². The maximum absolute atomic E-state index is 12.6. The van der Waals surface area contributed by atoms with Crippen LogP contribution in [0.4, 0.5) is 18.9 Å². The number of hydrogen-bond donors (Lipinski definition) is 1. The number of nitrogens with zero attached hydrogens (tertiary/aromatic N) is 2. The van der Waals surface area contributed by atoms with E-state index >= 15 is 0 Å². The molecule has 1 saturated heterocycles. The van der Waals surface area contributed by atoms with Crippen LogP contribution in [0.3, 0.4) is 0 Å². The van der Waals surface area contributed by atoms with Crippen LogP contribution >= 0.6 is 0 Å². The molecule has 0 amide bonds. The summed E-state index contributed by atoms with van der Waals surface area (Å²) in [5.74, 6) is 0.826. The molecule has 1 N–H and O–H groups in total. The third-order valence-corrected chi connectivity index (χ3v) is 5.01. The molecule has 1 atom stereocenters. The van der Waals surface area contributed by atoms with Gasteiger partial charge in [0.2, 0.25) is 0 Å². The molecule has 4 nitrogen and oxygen atoms in total. The second kappa shape index (κ2) is 8.84. The van der Waals surface area contributed by atoms with Gasteiger partial charge in [0, 0.05) is 44.5 Å². The van der Waals surface area contributed by atoms with Crippen molar-refractivity contribution in [3.05, 3.63) is 59.7 Å². The number of aliphatic hydroxyl groups is 1. The van der Waals surface area contributed by atoms with E-state index in [9.17, 15) is 18.3 Å². The molecule has 0 spiro atoms. The molecule has 0 aromatic heterocycles. The summed E-state index contributed by atoms with van der Waals surface area (Å²) in [5, 5.41) is 10.3. The summed E-state index contributed by atoms with van der Waals surface area (Å²) in [7, 11) is 1.65. The largest absolute Gasteiger partial charge is 0.497 e. The standard InChI is InChI=1S/C21H25F3N2O2/c1-28-20-4-2-3-18(14-20)26-11-9-25(10-12-26)15-19(27)13-16-5-7-17(8-6-16)21(22,23)24/h2-8,14,19,27H,9-13,15H2,1H3/t19-/m1/s1. The van der Waals surface area contributed by atoms with Crippen molar-refractivity contribution in [2.24, 2.45) is 0 Å². The zero-order valence-corrected chi connectivity index (χ0v) is 15.8. The number of anilines is 1. The molecule has 28 heavy (non-hydrogen) atoms. The Morgan fingerprint density at radius 2 is 1.71 bits per heavy atom. The van der Waals surface area contributed by atoms with Crippen LogP contribution < -0.4 is 9.64 Å². The molecule has 3 rings (SSSR count). The fourth-order valence-corrected chi connectivity index (χ4v) is 3.46. The van der Waals surface area contributed by atoms with Crippen molar-refractivity contribution in [1.29, 1.82) is 0 Å². The van der Waals surface area contributed by atoms with Crippen molar-refractivity contribution >= 4 is 5.69 Å². The highest BCUT2D eigenvalue weighted by atomic mass is 19.4. The predicted molar refractivity (Wildman–Crippen MR) is 103 cm³/mol. The highest BCUT2D eigenvalue weighted by Gasteiger charge is 2.30. The molecular weight excluding hydrogens is 369 g/mol. The molecule has 7 heteroatoms. The van der Waals surface area contributed by atoms with Crippen LogP contribution in [0, 0.1) is 0 Å². The maximum Gasteiger partial charge on any atom is 0.416 e. The lowest BCUT2D eigenvalue weighted by molar-refractivity contribution is -0.137. The van der Waals surface area contributed by atoms with E-state index in [1.54, 1.807) is 7.11 Å². The summed E-state index contributed by atoms with van der Waals surface area (Å²) in [4.78, 5) is 4.46. The van der Waals surface area contributed by atoms with Gasteiger partial charge in [0.15, 0.2) is 0 Å². The summed E-state index contributed by atoms with van der Waals surface area (Å²) in [6.07, 6.45) is -4.60. The van der Waals surface area contributed by atoms with E-state index in [0.29, 0.717) is 18.5 Å². The molecule has 0 aliphatic carbocycles. The number of halogens is 3. The summed E-state index contributed by atoms with van der Waals surface area (Å²) >= 11 is 0. The zero-order valence-electron chi connectivity index (χ0n) is 15.8. The van der Waals surface area contributed by atoms with E-state index < -0.39 is 17.8 Å². The van der Waals surface area contributed by atoms with Crippen LogP contribution in [-0.2, 0) is 12.6 Å². The van der Waals surface area contributed by atoms with E-state index in [1.165, 1.54) is 12.1 Å². The molecule has 0 radical (unpaired) electrons. The van der Waals surface area contributed by atoms with Gasteiger partial charge in [-0.3, -0.25) is 4.90 Å². The number of alkyl halides is 3. The van der Waals surface area contributed by atoms with Crippen LogP contribution in [-0.4, -0.2) is 55.9 Å². The van der Waals surface area contributed by atoms with Crippen molar-refractivity contribution in [3.63, 3.8) is 0 Å². The molecule has 0 saturated carbocycles. The smallest absolute Gasteiger partial charge is 0.416 e. The van der Waals surface area contributed by atoms with E-state index in [-0.39, 0.29) is 0 Å². The summed E-state index contributed by atoms with van der Waals surface area (Å²) in [6.45, 7) is 3.84. The van der Waals surface area contributed by atoms with E-state index in [0.717, 1.165) is 49.7 Å². The van der Waals surface area contributed by atoms with E-state index in [1.807, 2.05) is 18.2 Å². The average Bonchev–Trinajstić information content (AvgIpc) is 2.68. The number of piperazine rings is 1. The average molecular weight is 394 g/mol. The van der Waals surface area contributed by atoms with Gasteiger partial charge in [-0.1, -0.05) is 18.2 Å². The Hall–Kier alpha value is -2.25. The van der Waals surface area contributed by atoms with Crippen LogP contribution in [0.1, 0.15) is 11.1 Å². The Morgan fingerprint density at radius 3 is 2.32 bits per heavy atom. The number of benzene rings is 2. The third-order valence-electron chi connectivity index (χ3n) is 5.01. The van der Waals surface area contributed by atoms with Gasteiger partial charge in [0.1, 0.15) is 5.75 Å². The van der Waals surface area contributed by atoms with Crippen molar-refractivity contribution < 1.29 is 23.0 Å². The SMILES string of the molecule is COc1cccc(N2CCN(C[C@H](O)Cc3ccc(C(F)(F)F)cc3)CC2)c1. The first-order valence-electron chi connectivity index (χ1n) is 9.31. The number of β-amino-alcohol motifs (C(OH)–C–C–N with tert-alkyl or cyclic N) is 1. The van der Waals surface area contributed by atoms with Crippen molar-refractivity contribution in [2.45, 2.75) is 18.7 Å². The first-order valence-corrected chi connectivity index (χ1v) is 9.31. The normalized spacial score (nSPS) is 16.8. The number of aliphatic hydroxyl groups excluding tert-OH is 1. The predicted octanol–water partition coefficient (Wildman–Crippen LogP) is 3.44. The van der Waals surface area contributed by atoms with Gasteiger partial charge in [-0.05, 0) is 36.2 Å². The quantitative estimate of drug-likeness (QED) is 0.814. The Kier molecular flexibility index (Phi) is 6.46. The molecule has 1 fully saturated rings. The van der Waals surface area contributed by atoms with Crippen molar-refractivity contribution in [1.82, 2.24) is 4.90 Å². The molecule has 1 aliphatic rings. The molecule has 2 aromatic carbocycles. The minimum Gasteiger partial charge on any atom is -0.497 e. The number of methoxy groups -OCH3 is 1. The Balaban J connectivity index is 1.47. The van der Waals surface area contributed by atoms with Gasteiger partial charge >= 0.3 is 6.18 Å². The highest BCUT2D eigenvalue weighted by molar-refractivity contribution is 5.51. The molecule has 1 heterocycles. The number of hydrogen-bond acceptors (Lipinski definition) is 4. The number of rotatable bonds is 6. The molecular formula is C21H25F3N2O2. The minimum absolute atomic E-state index is 0.342. The third kappa shape index (κ3) is 5.39. The van der Waals surface area contributed by atoms with Gasteiger partial charge in [-0.2, -0.15) is 13.2 Å². The summed E-state index contributed by atoms with van der Waals surface area (Å²) in [6, 6.07) is 12.9. The second-order valence-corrected chi connectivity index (χ2v) is 7.04. The van der Waals surface area contributed by atoms with Gasteiger partial charge in [0.25, 0.3) is 0 Å².